The SMILES string of the molecule is CCC(C)(NC(=O)NCc1cc(C)c(F)c(C)c1)C(=O)O. The van der Waals surface area contributed by atoms with Gasteiger partial charge in [-0.15, -0.1) is 0 Å². The van der Waals surface area contributed by atoms with Gasteiger partial charge in [0, 0.05) is 6.54 Å². The molecule has 2 amide bonds. The molecule has 1 aromatic carbocycles. The fraction of sp³-hybridized carbons (Fsp3) is 0.467. The zero-order valence-corrected chi connectivity index (χ0v) is 12.7. The van der Waals surface area contributed by atoms with Gasteiger partial charge in [0.15, 0.2) is 0 Å². The first-order valence-electron chi connectivity index (χ1n) is 6.74. The number of halogens is 1. The maximum Gasteiger partial charge on any atom is 0.329 e. The van der Waals surface area contributed by atoms with E-state index in [2.05, 4.69) is 10.6 Å². The predicted molar refractivity (Wildman–Crippen MR) is 77.6 cm³/mol. The van der Waals surface area contributed by atoms with Crippen LogP contribution in [0.15, 0.2) is 12.1 Å². The van der Waals surface area contributed by atoms with Gasteiger partial charge in [0.2, 0.25) is 0 Å². The van der Waals surface area contributed by atoms with Gasteiger partial charge >= 0.3 is 12.0 Å². The summed E-state index contributed by atoms with van der Waals surface area (Å²) in [5.74, 6) is -1.35. The molecule has 0 saturated carbocycles. The fourth-order valence-electron chi connectivity index (χ4n) is 1.91. The topological polar surface area (TPSA) is 78.4 Å². The molecular weight excluding hydrogens is 275 g/mol. The molecule has 0 aliphatic carbocycles. The molecule has 1 atom stereocenters. The van der Waals surface area contributed by atoms with Crippen molar-refractivity contribution < 1.29 is 19.1 Å². The summed E-state index contributed by atoms with van der Waals surface area (Å²) in [4.78, 5) is 22.9. The predicted octanol–water partition coefficient (Wildman–Crippen LogP) is 2.50. The number of hydrogen-bond donors (Lipinski definition) is 3. The van der Waals surface area contributed by atoms with Gasteiger partial charge in [-0.3, -0.25) is 0 Å². The van der Waals surface area contributed by atoms with Gasteiger partial charge in [0.25, 0.3) is 0 Å². The Balaban J connectivity index is 2.68. The van der Waals surface area contributed by atoms with Crippen LogP contribution < -0.4 is 10.6 Å². The zero-order valence-electron chi connectivity index (χ0n) is 12.7. The van der Waals surface area contributed by atoms with Crippen molar-refractivity contribution >= 4 is 12.0 Å². The second kappa shape index (κ2) is 6.56. The van der Waals surface area contributed by atoms with Crippen molar-refractivity contribution in [1.29, 1.82) is 0 Å². The summed E-state index contributed by atoms with van der Waals surface area (Å²) in [7, 11) is 0. The van der Waals surface area contributed by atoms with Crippen LogP contribution in [0.2, 0.25) is 0 Å². The van der Waals surface area contributed by atoms with E-state index in [0.717, 1.165) is 5.56 Å². The molecule has 0 radical (unpaired) electrons. The van der Waals surface area contributed by atoms with E-state index in [4.69, 9.17) is 5.11 Å². The van der Waals surface area contributed by atoms with Crippen molar-refractivity contribution in [1.82, 2.24) is 10.6 Å². The molecule has 0 aliphatic rings. The highest BCUT2D eigenvalue weighted by atomic mass is 19.1. The zero-order chi connectivity index (χ0) is 16.2. The first-order valence-corrected chi connectivity index (χ1v) is 6.74. The van der Waals surface area contributed by atoms with Crippen LogP contribution in [-0.4, -0.2) is 22.6 Å². The van der Waals surface area contributed by atoms with E-state index >= 15 is 0 Å². The first-order chi connectivity index (χ1) is 9.69. The van der Waals surface area contributed by atoms with E-state index < -0.39 is 17.5 Å². The van der Waals surface area contributed by atoms with Crippen molar-refractivity contribution in [3.8, 4) is 0 Å². The quantitative estimate of drug-likeness (QED) is 0.781. The summed E-state index contributed by atoms with van der Waals surface area (Å²) in [5, 5.41) is 14.1. The highest BCUT2D eigenvalue weighted by Crippen LogP contribution is 2.14. The van der Waals surface area contributed by atoms with Crippen LogP contribution in [0, 0.1) is 19.7 Å². The average molecular weight is 296 g/mol. The molecule has 0 aliphatic heterocycles. The Kier molecular flexibility index (Phi) is 5.29. The minimum Gasteiger partial charge on any atom is -0.480 e. The van der Waals surface area contributed by atoms with Crippen LogP contribution in [0.25, 0.3) is 0 Å². The molecule has 0 heterocycles. The third kappa shape index (κ3) is 4.18. The normalized spacial score (nSPS) is 13.4. The van der Waals surface area contributed by atoms with Crippen LogP contribution in [0.3, 0.4) is 0 Å². The minimum atomic E-state index is -1.31. The number of carbonyl (C=O) groups is 2. The summed E-state index contributed by atoms with van der Waals surface area (Å²) in [6.07, 6.45) is 0.268. The molecule has 0 spiro atoms. The van der Waals surface area contributed by atoms with Crippen molar-refractivity contribution in [2.45, 2.75) is 46.2 Å². The molecule has 0 aromatic heterocycles. The van der Waals surface area contributed by atoms with E-state index in [1.807, 2.05) is 0 Å². The van der Waals surface area contributed by atoms with Gasteiger partial charge in [-0.2, -0.15) is 0 Å². The number of carboxylic acid groups (broad SMARTS) is 1. The third-order valence-corrected chi connectivity index (χ3v) is 3.52. The Morgan fingerprint density at radius 2 is 1.81 bits per heavy atom. The summed E-state index contributed by atoms with van der Waals surface area (Å²) in [6.45, 7) is 6.64. The molecule has 3 N–H and O–H groups in total. The molecule has 0 saturated heterocycles. The summed E-state index contributed by atoms with van der Waals surface area (Å²) >= 11 is 0. The lowest BCUT2D eigenvalue weighted by Crippen LogP contribution is -2.54. The lowest BCUT2D eigenvalue weighted by Gasteiger charge is -2.24. The Bertz CT molecular complexity index is 537. The Morgan fingerprint density at radius 1 is 1.29 bits per heavy atom. The molecule has 116 valence electrons. The van der Waals surface area contributed by atoms with Crippen molar-refractivity contribution in [3.63, 3.8) is 0 Å². The number of aliphatic carboxylic acids is 1. The number of rotatable bonds is 5. The van der Waals surface area contributed by atoms with E-state index in [1.54, 1.807) is 32.9 Å². The third-order valence-electron chi connectivity index (χ3n) is 3.52. The number of urea groups is 1. The van der Waals surface area contributed by atoms with Crippen molar-refractivity contribution in [2.24, 2.45) is 0 Å². The smallest absolute Gasteiger partial charge is 0.329 e. The van der Waals surface area contributed by atoms with Gasteiger partial charge in [-0.1, -0.05) is 19.1 Å². The van der Waals surface area contributed by atoms with Crippen molar-refractivity contribution in [3.05, 3.63) is 34.6 Å². The molecular formula is C15H21FN2O3. The number of aryl methyl sites for hydroxylation is 2. The van der Waals surface area contributed by atoms with Crippen LogP contribution >= 0.6 is 0 Å². The van der Waals surface area contributed by atoms with Crippen LogP contribution in [-0.2, 0) is 11.3 Å². The van der Waals surface area contributed by atoms with Gasteiger partial charge in [0.05, 0.1) is 0 Å². The molecule has 1 aromatic rings. The van der Waals surface area contributed by atoms with Gasteiger partial charge in [-0.25, -0.2) is 14.0 Å². The molecule has 5 nitrogen and oxygen atoms in total. The van der Waals surface area contributed by atoms with E-state index in [0.29, 0.717) is 11.1 Å². The second-order valence-electron chi connectivity index (χ2n) is 5.34. The minimum absolute atomic E-state index is 0.202. The highest BCUT2D eigenvalue weighted by molar-refractivity contribution is 5.85. The molecule has 6 heteroatoms. The number of nitrogens with one attached hydrogen (secondary N) is 2. The summed E-state index contributed by atoms with van der Waals surface area (Å²) < 4.78 is 13.5. The monoisotopic (exact) mass is 296 g/mol. The fourth-order valence-corrected chi connectivity index (χ4v) is 1.91. The number of benzene rings is 1. The van der Waals surface area contributed by atoms with E-state index in [1.165, 1.54) is 6.92 Å². The lowest BCUT2D eigenvalue weighted by molar-refractivity contribution is -0.143. The van der Waals surface area contributed by atoms with Crippen LogP contribution in [0.4, 0.5) is 9.18 Å². The Hall–Kier alpha value is -2.11. The summed E-state index contributed by atoms with van der Waals surface area (Å²) in [5.41, 5.74) is 0.473. The van der Waals surface area contributed by atoms with Gasteiger partial charge in [-0.05, 0) is 43.9 Å². The van der Waals surface area contributed by atoms with Gasteiger partial charge < -0.3 is 15.7 Å². The second-order valence-corrected chi connectivity index (χ2v) is 5.34. The molecule has 21 heavy (non-hydrogen) atoms. The molecule has 1 unspecified atom stereocenters. The highest BCUT2D eigenvalue weighted by Gasteiger charge is 2.32. The standard InChI is InChI=1S/C15H21FN2O3/c1-5-15(4,13(19)20)18-14(21)17-8-11-6-9(2)12(16)10(3)7-11/h6-7H,5,8H2,1-4H3,(H,19,20)(H2,17,18,21). The largest absolute Gasteiger partial charge is 0.480 e. The number of carbonyl (C=O) groups excluding carboxylic acids is 1. The maximum atomic E-state index is 13.5. The van der Waals surface area contributed by atoms with Crippen molar-refractivity contribution in [2.75, 3.05) is 0 Å². The summed E-state index contributed by atoms with van der Waals surface area (Å²) in [6, 6.07) is 2.74. The number of carboxylic acids is 1. The average Bonchev–Trinajstić information content (AvgIpc) is 2.41. The van der Waals surface area contributed by atoms with Crippen LogP contribution in [0.5, 0.6) is 0 Å². The van der Waals surface area contributed by atoms with E-state index in [9.17, 15) is 14.0 Å². The van der Waals surface area contributed by atoms with Gasteiger partial charge in [0.1, 0.15) is 11.4 Å². The molecule has 0 bridgehead atoms. The molecule has 0 fully saturated rings. The Morgan fingerprint density at radius 3 is 2.24 bits per heavy atom. The maximum absolute atomic E-state index is 13.5. The van der Waals surface area contributed by atoms with E-state index in [-0.39, 0.29) is 18.8 Å². The number of amides is 2. The Labute approximate surface area is 123 Å². The lowest BCUT2D eigenvalue weighted by atomic mass is 10.00. The number of hydrogen-bond acceptors (Lipinski definition) is 2. The first kappa shape index (κ1) is 16.9. The van der Waals surface area contributed by atoms with Crippen LogP contribution in [0.1, 0.15) is 37.0 Å². The molecule has 1 rings (SSSR count).